The lowest BCUT2D eigenvalue weighted by molar-refractivity contribution is 1.25. The predicted molar refractivity (Wildman–Crippen MR) is 245 cm³/mol. The van der Waals surface area contributed by atoms with Crippen molar-refractivity contribution in [3.05, 3.63) is 219 Å². The van der Waals surface area contributed by atoms with Crippen molar-refractivity contribution in [1.29, 1.82) is 0 Å². The van der Waals surface area contributed by atoms with E-state index in [1.54, 1.807) is 0 Å². The van der Waals surface area contributed by atoms with E-state index in [2.05, 4.69) is 193 Å². The molecule has 270 valence electrons. The van der Waals surface area contributed by atoms with Gasteiger partial charge in [0, 0.05) is 18.0 Å². The van der Waals surface area contributed by atoms with Gasteiger partial charge < -0.3 is 0 Å². The number of rotatable bonds is 6. The molecule has 0 fully saturated rings. The van der Waals surface area contributed by atoms with Crippen molar-refractivity contribution in [1.82, 2.24) is 9.97 Å². The second-order valence-electron chi connectivity index (χ2n) is 15.0. The average molecular weight is 737 g/mol. The van der Waals surface area contributed by atoms with Crippen molar-refractivity contribution in [3.63, 3.8) is 0 Å². The maximum atomic E-state index is 4.85. The van der Waals surface area contributed by atoms with Gasteiger partial charge in [-0.25, -0.2) is 0 Å². The summed E-state index contributed by atoms with van der Waals surface area (Å²) in [4.78, 5) is 9.36. The largest absolute Gasteiger partial charge is 0.255 e. The number of aromatic nitrogens is 2. The van der Waals surface area contributed by atoms with Crippen LogP contribution in [0.15, 0.2) is 219 Å². The Morgan fingerprint density at radius 1 is 0.241 bits per heavy atom. The molecule has 0 saturated carbocycles. The normalized spacial score (nSPS) is 11.4. The van der Waals surface area contributed by atoms with Gasteiger partial charge in [0.05, 0.1) is 11.4 Å². The van der Waals surface area contributed by atoms with Crippen molar-refractivity contribution in [2.45, 2.75) is 0 Å². The van der Waals surface area contributed by atoms with E-state index >= 15 is 0 Å². The molecule has 0 spiro atoms. The molecule has 0 saturated heterocycles. The monoisotopic (exact) mass is 736 g/mol. The fourth-order valence-electron chi connectivity index (χ4n) is 8.61. The number of fused-ring (bicyclic) bond motifs is 4. The highest BCUT2D eigenvalue weighted by molar-refractivity contribution is 6.22. The SMILES string of the molecule is c1ccc(-c2ccc(-c3ccc4c(-c5ccc(-c6ccc7ccccc7c6)cc5)c5ccccc5c(-c5ccc(-c6ccc7ccccc7c6)cc5)c4c3)cn2)nc1. The maximum absolute atomic E-state index is 4.85. The Bertz CT molecular complexity index is 3290. The van der Waals surface area contributed by atoms with Gasteiger partial charge in [-0.15, -0.1) is 0 Å². The van der Waals surface area contributed by atoms with Crippen LogP contribution in [0.5, 0.6) is 0 Å². The third kappa shape index (κ3) is 6.00. The highest BCUT2D eigenvalue weighted by Gasteiger charge is 2.18. The lowest BCUT2D eigenvalue weighted by atomic mass is 9.84. The fraction of sp³-hybridized carbons (Fsp3) is 0. The number of hydrogen-bond donors (Lipinski definition) is 0. The zero-order chi connectivity index (χ0) is 38.4. The van der Waals surface area contributed by atoms with Crippen molar-refractivity contribution in [2.24, 2.45) is 0 Å². The van der Waals surface area contributed by atoms with Crippen molar-refractivity contribution >= 4 is 43.1 Å². The minimum atomic E-state index is 0.859. The van der Waals surface area contributed by atoms with Crippen LogP contribution in [0.1, 0.15) is 0 Å². The summed E-state index contributed by atoms with van der Waals surface area (Å²) in [5.74, 6) is 0. The standard InChI is InChI=1S/C56H36N2/c1-3-11-43-33-45(26-20-37(43)9-1)39-16-22-41(23-17-39)55-49-13-5-6-14-50(49)56(42-24-18-40(19-25-42)46-27-21-38-10-2-4-12-44(38)34-46)52-35-47(28-30-51(52)55)48-29-31-54(58-36-48)53-15-7-8-32-57-53/h1-36H. The second-order valence-corrected chi connectivity index (χ2v) is 15.0. The summed E-state index contributed by atoms with van der Waals surface area (Å²) in [6.07, 6.45) is 3.78. The summed E-state index contributed by atoms with van der Waals surface area (Å²) in [7, 11) is 0. The Hall–Kier alpha value is -7.68. The average Bonchev–Trinajstić information content (AvgIpc) is 3.31. The molecule has 0 aliphatic rings. The topological polar surface area (TPSA) is 25.8 Å². The number of benzene rings is 9. The minimum absolute atomic E-state index is 0.859. The Morgan fingerprint density at radius 2 is 0.672 bits per heavy atom. The van der Waals surface area contributed by atoms with Crippen LogP contribution in [-0.4, -0.2) is 9.97 Å². The summed E-state index contributed by atoms with van der Waals surface area (Å²) in [6, 6.07) is 74.7. The first kappa shape index (κ1) is 33.6. The van der Waals surface area contributed by atoms with Crippen LogP contribution < -0.4 is 0 Å². The molecule has 0 unspecified atom stereocenters. The molecule has 0 radical (unpaired) electrons. The lowest BCUT2D eigenvalue weighted by Crippen LogP contribution is -1.92. The Labute approximate surface area is 337 Å². The predicted octanol–water partition coefficient (Wildman–Crippen LogP) is 15.1. The van der Waals surface area contributed by atoms with Crippen LogP contribution in [0.25, 0.3) is 110 Å². The van der Waals surface area contributed by atoms with Crippen molar-refractivity contribution in [3.8, 4) is 67.0 Å². The highest BCUT2D eigenvalue weighted by Crippen LogP contribution is 2.45. The molecule has 2 heteroatoms. The molecule has 0 aliphatic heterocycles. The third-order valence-corrected chi connectivity index (χ3v) is 11.6. The lowest BCUT2D eigenvalue weighted by Gasteiger charge is -2.19. The molecular formula is C56H36N2. The van der Waals surface area contributed by atoms with Gasteiger partial charge >= 0.3 is 0 Å². The van der Waals surface area contributed by atoms with Crippen molar-refractivity contribution < 1.29 is 0 Å². The van der Waals surface area contributed by atoms with E-state index in [9.17, 15) is 0 Å². The molecule has 0 aliphatic carbocycles. The quantitative estimate of drug-likeness (QED) is 0.159. The summed E-state index contributed by atoms with van der Waals surface area (Å²) < 4.78 is 0. The van der Waals surface area contributed by atoms with E-state index in [-0.39, 0.29) is 0 Å². The van der Waals surface area contributed by atoms with Gasteiger partial charge in [-0.05, 0) is 130 Å². The molecule has 9 aromatic carbocycles. The smallest absolute Gasteiger partial charge is 0.0886 e. The first-order valence-electron chi connectivity index (χ1n) is 19.8. The molecule has 0 atom stereocenters. The van der Waals surface area contributed by atoms with Crippen LogP contribution in [0.2, 0.25) is 0 Å². The molecular weight excluding hydrogens is 701 g/mol. The van der Waals surface area contributed by atoms with E-state index in [4.69, 9.17) is 4.98 Å². The van der Waals surface area contributed by atoms with Crippen molar-refractivity contribution in [2.75, 3.05) is 0 Å². The zero-order valence-corrected chi connectivity index (χ0v) is 31.7. The molecule has 11 rings (SSSR count). The minimum Gasteiger partial charge on any atom is -0.255 e. The molecule has 58 heavy (non-hydrogen) atoms. The summed E-state index contributed by atoms with van der Waals surface area (Å²) >= 11 is 0. The van der Waals surface area contributed by atoms with Gasteiger partial charge in [0.1, 0.15) is 0 Å². The molecule has 2 nitrogen and oxygen atoms in total. The summed E-state index contributed by atoms with van der Waals surface area (Å²) in [6.45, 7) is 0. The molecule has 2 heterocycles. The molecule has 0 bridgehead atoms. The first-order chi connectivity index (χ1) is 28.7. The molecule has 0 amide bonds. The number of hydrogen-bond acceptors (Lipinski definition) is 2. The van der Waals surface area contributed by atoms with E-state index < -0.39 is 0 Å². The molecule has 2 aromatic heterocycles. The Morgan fingerprint density at radius 3 is 1.22 bits per heavy atom. The number of pyridine rings is 2. The van der Waals surface area contributed by atoms with Crippen LogP contribution in [-0.2, 0) is 0 Å². The van der Waals surface area contributed by atoms with E-state index in [0.717, 1.165) is 22.5 Å². The number of nitrogens with zero attached hydrogens (tertiary/aromatic N) is 2. The van der Waals surface area contributed by atoms with Gasteiger partial charge in [-0.3, -0.25) is 9.97 Å². The van der Waals surface area contributed by atoms with E-state index in [0.29, 0.717) is 0 Å². The summed E-state index contributed by atoms with van der Waals surface area (Å²) in [5.41, 5.74) is 13.6. The molecule has 11 aromatic rings. The fourth-order valence-corrected chi connectivity index (χ4v) is 8.61. The van der Waals surface area contributed by atoms with Crippen LogP contribution in [0.3, 0.4) is 0 Å². The summed E-state index contributed by atoms with van der Waals surface area (Å²) in [5, 5.41) is 9.88. The zero-order valence-electron chi connectivity index (χ0n) is 31.7. The van der Waals surface area contributed by atoms with Gasteiger partial charge in [0.2, 0.25) is 0 Å². The van der Waals surface area contributed by atoms with Gasteiger partial charge in [0.25, 0.3) is 0 Å². The van der Waals surface area contributed by atoms with Crippen LogP contribution in [0, 0.1) is 0 Å². The van der Waals surface area contributed by atoms with Gasteiger partial charge in [0.15, 0.2) is 0 Å². The first-order valence-corrected chi connectivity index (χ1v) is 19.8. The van der Waals surface area contributed by atoms with E-state index in [1.807, 2.05) is 30.6 Å². The maximum Gasteiger partial charge on any atom is 0.0886 e. The third-order valence-electron chi connectivity index (χ3n) is 11.6. The molecule has 0 N–H and O–H groups in total. The van der Waals surface area contributed by atoms with E-state index in [1.165, 1.54) is 87.6 Å². The van der Waals surface area contributed by atoms with Gasteiger partial charge in [-0.1, -0.05) is 170 Å². The van der Waals surface area contributed by atoms with Gasteiger partial charge in [-0.2, -0.15) is 0 Å². The Balaban J connectivity index is 1.08. The Kier molecular flexibility index (Phi) is 8.19. The van der Waals surface area contributed by atoms with Crippen LogP contribution >= 0.6 is 0 Å². The van der Waals surface area contributed by atoms with Crippen LogP contribution in [0.4, 0.5) is 0 Å². The highest BCUT2D eigenvalue weighted by atomic mass is 14.8. The second kappa shape index (κ2) is 14.1.